The molecule has 0 fully saturated rings. The summed E-state index contributed by atoms with van der Waals surface area (Å²) in [6, 6.07) is 16.4. The largest absolute Gasteiger partial charge is 0.352 e. The molecule has 136 valence electrons. The van der Waals surface area contributed by atoms with Gasteiger partial charge in [-0.1, -0.05) is 35.5 Å². The minimum absolute atomic E-state index is 0.266. The third-order valence-electron chi connectivity index (χ3n) is 4.67. The van der Waals surface area contributed by atoms with Crippen LogP contribution in [-0.4, -0.2) is 32.0 Å². The number of carbonyl (C=O) groups excluding carboxylic acids is 1. The zero-order chi connectivity index (χ0) is 18.8. The van der Waals surface area contributed by atoms with Crippen LogP contribution in [0.5, 0.6) is 0 Å². The number of hydrogen-bond donors (Lipinski definition) is 1. The van der Waals surface area contributed by atoms with E-state index in [1.807, 2.05) is 30.5 Å². The van der Waals surface area contributed by atoms with E-state index in [4.69, 9.17) is 0 Å². The predicted octanol–water partition coefficient (Wildman–Crippen LogP) is 2.12. The zero-order valence-corrected chi connectivity index (χ0v) is 14.9. The third kappa shape index (κ3) is 3.19. The van der Waals surface area contributed by atoms with Gasteiger partial charge in [-0.2, -0.15) is 4.68 Å². The standard InChI is InChI=1S/C20H19N5O2/c1-14(25-20(27)16-7-3-4-8-17(16)22-23-25)19(26)21-11-13-24-12-10-15-6-2-5-9-18(15)24/h2-10,12,14H,11,13H2,1H3,(H,21,26). The van der Waals surface area contributed by atoms with Crippen LogP contribution >= 0.6 is 0 Å². The fraction of sp³-hybridized carbons (Fsp3) is 0.200. The van der Waals surface area contributed by atoms with Crippen molar-refractivity contribution in [1.82, 2.24) is 24.9 Å². The van der Waals surface area contributed by atoms with Gasteiger partial charge in [-0.3, -0.25) is 9.59 Å². The van der Waals surface area contributed by atoms with Gasteiger partial charge in [0.15, 0.2) is 0 Å². The number of nitrogens with one attached hydrogen (secondary N) is 1. The van der Waals surface area contributed by atoms with E-state index in [1.165, 1.54) is 0 Å². The second-order valence-corrected chi connectivity index (χ2v) is 6.39. The molecule has 0 spiro atoms. The summed E-state index contributed by atoms with van der Waals surface area (Å²) in [5, 5.41) is 12.4. The fourth-order valence-corrected chi connectivity index (χ4v) is 3.15. The van der Waals surface area contributed by atoms with Crippen LogP contribution in [0.2, 0.25) is 0 Å². The highest BCUT2D eigenvalue weighted by Crippen LogP contribution is 2.14. The number of amides is 1. The number of rotatable bonds is 5. The van der Waals surface area contributed by atoms with Crippen molar-refractivity contribution in [3.8, 4) is 0 Å². The van der Waals surface area contributed by atoms with Crippen LogP contribution in [0.25, 0.3) is 21.8 Å². The Morgan fingerprint density at radius 1 is 1.11 bits per heavy atom. The smallest absolute Gasteiger partial charge is 0.278 e. The lowest BCUT2D eigenvalue weighted by molar-refractivity contribution is -0.124. The van der Waals surface area contributed by atoms with Crippen molar-refractivity contribution in [1.29, 1.82) is 0 Å². The molecule has 0 saturated carbocycles. The van der Waals surface area contributed by atoms with E-state index in [2.05, 4.69) is 26.3 Å². The van der Waals surface area contributed by atoms with Gasteiger partial charge in [0.2, 0.25) is 5.91 Å². The molecule has 4 rings (SSSR count). The molecule has 0 bridgehead atoms. The van der Waals surface area contributed by atoms with E-state index in [1.54, 1.807) is 31.2 Å². The normalized spacial score (nSPS) is 12.3. The molecule has 1 amide bonds. The number of hydrogen-bond acceptors (Lipinski definition) is 4. The maximum absolute atomic E-state index is 12.6. The molecule has 2 heterocycles. The average Bonchev–Trinajstić information content (AvgIpc) is 3.11. The van der Waals surface area contributed by atoms with Gasteiger partial charge in [0.25, 0.3) is 5.56 Å². The van der Waals surface area contributed by atoms with Gasteiger partial charge < -0.3 is 9.88 Å². The molecule has 1 N–H and O–H groups in total. The Bertz CT molecular complexity index is 1180. The van der Waals surface area contributed by atoms with Crippen molar-refractivity contribution >= 4 is 27.7 Å². The second-order valence-electron chi connectivity index (χ2n) is 6.39. The SMILES string of the molecule is CC(C(=O)NCCn1ccc2ccccc21)n1nnc2ccccc2c1=O. The lowest BCUT2D eigenvalue weighted by Gasteiger charge is -2.14. The molecule has 0 aliphatic rings. The van der Waals surface area contributed by atoms with Crippen molar-refractivity contribution < 1.29 is 4.79 Å². The van der Waals surface area contributed by atoms with Crippen LogP contribution in [0.3, 0.4) is 0 Å². The summed E-state index contributed by atoms with van der Waals surface area (Å²) in [6.07, 6.45) is 2.00. The Morgan fingerprint density at radius 3 is 2.78 bits per heavy atom. The van der Waals surface area contributed by atoms with E-state index >= 15 is 0 Å². The van der Waals surface area contributed by atoms with E-state index in [0.717, 1.165) is 15.6 Å². The first-order chi connectivity index (χ1) is 13.1. The van der Waals surface area contributed by atoms with Gasteiger partial charge in [0.05, 0.1) is 5.39 Å². The first-order valence-electron chi connectivity index (χ1n) is 8.81. The number of nitrogens with zero attached hydrogens (tertiary/aromatic N) is 4. The zero-order valence-electron chi connectivity index (χ0n) is 14.9. The maximum Gasteiger partial charge on any atom is 0.278 e. The van der Waals surface area contributed by atoms with E-state index < -0.39 is 6.04 Å². The fourth-order valence-electron chi connectivity index (χ4n) is 3.15. The lowest BCUT2D eigenvalue weighted by Crippen LogP contribution is -2.38. The van der Waals surface area contributed by atoms with E-state index in [-0.39, 0.29) is 11.5 Å². The molecule has 1 unspecified atom stereocenters. The summed E-state index contributed by atoms with van der Waals surface area (Å²) < 4.78 is 3.21. The molecule has 0 aliphatic heterocycles. The molecular weight excluding hydrogens is 342 g/mol. The minimum Gasteiger partial charge on any atom is -0.352 e. The van der Waals surface area contributed by atoms with Crippen LogP contribution in [0.1, 0.15) is 13.0 Å². The first-order valence-corrected chi connectivity index (χ1v) is 8.81. The Balaban J connectivity index is 1.45. The molecule has 2 aromatic carbocycles. The van der Waals surface area contributed by atoms with Crippen LogP contribution in [0.4, 0.5) is 0 Å². The summed E-state index contributed by atoms with van der Waals surface area (Å²) in [5.74, 6) is -0.266. The molecule has 2 aromatic heterocycles. The highest BCUT2D eigenvalue weighted by atomic mass is 16.2. The topological polar surface area (TPSA) is 81.8 Å². The van der Waals surface area contributed by atoms with Gasteiger partial charge in [0, 0.05) is 24.8 Å². The van der Waals surface area contributed by atoms with E-state index in [9.17, 15) is 9.59 Å². The number of fused-ring (bicyclic) bond motifs is 2. The quantitative estimate of drug-likeness (QED) is 0.590. The van der Waals surface area contributed by atoms with Crippen LogP contribution in [0, 0.1) is 0 Å². The Kier molecular flexibility index (Phi) is 4.42. The van der Waals surface area contributed by atoms with Gasteiger partial charge in [-0.15, -0.1) is 5.10 Å². The number of para-hydroxylation sites is 1. The summed E-state index contributed by atoms with van der Waals surface area (Å²) in [5.41, 5.74) is 1.32. The molecule has 27 heavy (non-hydrogen) atoms. The van der Waals surface area contributed by atoms with Crippen molar-refractivity contribution in [3.05, 3.63) is 71.1 Å². The summed E-state index contributed by atoms with van der Waals surface area (Å²) in [7, 11) is 0. The second kappa shape index (κ2) is 7.03. The highest BCUT2D eigenvalue weighted by Gasteiger charge is 2.18. The Labute approximate surface area is 155 Å². The van der Waals surface area contributed by atoms with Crippen molar-refractivity contribution in [2.75, 3.05) is 6.54 Å². The molecular formula is C20H19N5O2. The van der Waals surface area contributed by atoms with Crippen LogP contribution in [0.15, 0.2) is 65.6 Å². The Hall–Kier alpha value is -3.48. The van der Waals surface area contributed by atoms with Crippen molar-refractivity contribution in [2.24, 2.45) is 0 Å². The summed E-state index contributed by atoms with van der Waals surface area (Å²) in [4.78, 5) is 25.0. The van der Waals surface area contributed by atoms with Crippen LogP contribution in [-0.2, 0) is 11.3 Å². The Morgan fingerprint density at radius 2 is 1.89 bits per heavy atom. The summed E-state index contributed by atoms with van der Waals surface area (Å²) >= 11 is 0. The van der Waals surface area contributed by atoms with Gasteiger partial charge in [-0.05, 0) is 36.6 Å². The minimum atomic E-state index is -0.740. The van der Waals surface area contributed by atoms with Gasteiger partial charge in [-0.25, -0.2) is 0 Å². The molecule has 4 aromatic rings. The average molecular weight is 361 g/mol. The lowest BCUT2D eigenvalue weighted by atomic mass is 10.2. The molecule has 7 heteroatoms. The molecule has 0 aliphatic carbocycles. The molecule has 0 saturated heterocycles. The van der Waals surface area contributed by atoms with E-state index in [0.29, 0.717) is 24.0 Å². The number of carbonyl (C=O) groups is 1. The highest BCUT2D eigenvalue weighted by molar-refractivity contribution is 5.81. The first kappa shape index (κ1) is 17.0. The molecule has 1 atom stereocenters. The third-order valence-corrected chi connectivity index (χ3v) is 4.67. The summed E-state index contributed by atoms with van der Waals surface area (Å²) in [6.45, 7) is 2.74. The molecule has 0 radical (unpaired) electrons. The van der Waals surface area contributed by atoms with Gasteiger partial charge >= 0.3 is 0 Å². The number of benzene rings is 2. The van der Waals surface area contributed by atoms with Crippen molar-refractivity contribution in [2.45, 2.75) is 19.5 Å². The number of aromatic nitrogens is 4. The monoisotopic (exact) mass is 361 g/mol. The maximum atomic E-state index is 12.6. The van der Waals surface area contributed by atoms with Gasteiger partial charge in [0.1, 0.15) is 11.6 Å². The van der Waals surface area contributed by atoms with Crippen molar-refractivity contribution in [3.63, 3.8) is 0 Å². The molecule has 7 nitrogen and oxygen atoms in total. The predicted molar refractivity (Wildman–Crippen MR) is 103 cm³/mol. The van der Waals surface area contributed by atoms with Crippen LogP contribution < -0.4 is 10.9 Å².